The molecule has 2 unspecified atom stereocenters. The number of esters is 2. The number of hydrogen-bond acceptors (Lipinski definition) is 8. The molecule has 1 amide bonds. The van der Waals surface area contributed by atoms with E-state index < -0.39 is 17.9 Å². The Bertz CT molecular complexity index is 1740. The molecule has 5 rings (SSSR count). The number of aromatic amines is 1. The highest BCUT2D eigenvalue weighted by Gasteiger charge is 2.34. The summed E-state index contributed by atoms with van der Waals surface area (Å²) in [7, 11) is 1.59. The van der Waals surface area contributed by atoms with E-state index in [1.807, 2.05) is 44.2 Å². The number of hydrogen-bond donors (Lipinski definition) is 2. The molecule has 1 saturated heterocycles. The Morgan fingerprint density at radius 2 is 1.80 bits per heavy atom. The van der Waals surface area contributed by atoms with Crippen LogP contribution in [0.3, 0.4) is 0 Å². The molecule has 2 atom stereocenters. The quantitative estimate of drug-likeness (QED) is 0.0719. The molecule has 0 saturated carbocycles. The largest absolute Gasteiger partial charge is 0.497 e. The van der Waals surface area contributed by atoms with Crippen LogP contribution in [0.2, 0.25) is 5.02 Å². The number of nitrogens with zero attached hydrogens (tertiary/aromatic N) is 1. The highest BCUT2D eigenvalue weighted by Crippen LogP contribution is 2.38. The van der Waals surface area contributed by atoms with Crippen LogP contribution in [0.1, 0.15) is 59.3 Å². The van der Waals surface area contributed by atoms with Crippen LogP contribution in [-0.4, -0.2) is 72.6 Å². The third-order valence-corrected chi connectivity index (χ3v) is 10.2. The molecule has 0 spiro atoms. The SMILES string of the molecule is COc1ccc2[nH]c(C)c(C(C(=O)OC(=O)c3ccc(Cl)cc3)C(C)CSCC(=O)NCCCOc3cccc(CN4CCCC4)c3)c2c1. The first-order valence-corrected chi connectivity index (χ1v) is 18.2. The van der Waals surface area contributed by atoms with Gasteiger partial charge in [0.1, 0.15) is 11.5 Å². The molecule has 1 aliphatic rings. The normalized spacial score (nSPS) is 14.4. The second-order valence-electron chi connectivity index (χ2n) is 12.4. The minimum absolute atomic E-state index is 0.0881. The van der Waals surface area contributed by atoms with E-state index in [4.69, 9.17) is 25.8 Å². The van der Waals surface area contributed by atoms with Crippen molar-refractivity contribution in [3.63, 3.8) is 0 Å². The third kappa shape index (κ3) is 10.0. The number of carbonyl (C=O) groups is 3. The highest BCUT2D eigenvalue weighted by atomic mass is 35.5. The zero-order valence-corrected chi connectivity index (χ0v) is 29.8. The van der Waals surface area contributed by atoms with Crippen LogP contribution < -0.4 is 14.8 Å². The van der Waals surface area contributed by atoms with Crippen molar-refractivity contribution in [1.29, 1.82) is 0 Å². The molecular weight excluding hydrogens is 662 g/mol. The fourth-order valence-electron chi connectivity index (χ4n) is 6.20. The number of amides is 1. The van der Waals surface area contributed by atoms with Gasteiger partial charge in [-0.1, -0.05) is 30.7 Å². The number of carbonyl (C=O) groups excluding carboxylic acids is 3. The topological polar surface area (TPSA) is 110 Å². The molecule has 2 N–H and O–H groups in total. The zero-order chi connectivity index (χ0) is 34.8. The number of likely N-dealkylation sites (tertiary alicyclic amines) is 1. The summed E-state index contributed by atoms with van der Waals surface area (Å²) >= 11 is 7.41. The highest BCUT2D eigenvalue weighted by molar-refractivity contribution is 7.99. The van der Waals surface area contributed by atoms with Gasteiger partial charge in [-0.3, -0.25) is 14.5 Å². The zero-order valence-electron chi connectivity index (χ0n) is 28.3. The Kier molecular flexibility index (Phi) is 13.0. The number of thioether (sulfide) groups is 1. The van der Waals surface area contributed by atoms with Gasteiger partial charge in [-0.05, 0) is 117 Å². The van der Waals surface area contributed by atoms with Gasteiger partial charge in [0.25, 0.3) is 0 Å². The summed E-state index contributed by atoms with van der Waals surface area (Å²) in [5.74, 6) is -0.349. The molecule has 0 bridgehead atoms. The number of nitrogens with one attached hydrogen (secondary N) is 2. The molecule has 11 heteroatoms. The summed E-state index contributed by atoms with van der Waals surface area (Å²) in [5.41, 5.74) is 3.85. The third-order valence-electron chi connectivity index (χ3n) is 8.68. The van der Waals surface area contributed by atoms with Crippen LogP contribution in [0.4, 0.5) is 0 Å². The van der Waals surface area contributed by atoms with E-state index >= 15 is 0 Å². The first-order chi connectivity index (χ1) is 23.7. The lowest BCUT2D eigenvalue weighted by Crippen LogP contribution is -2.29. The van der Waals surface area contributed by atoms with Gasteiger partial charge >= 0.3 is 11.9 Å². The molecule has 1 aliphatic heterocycles. The fourth-order valence-corrected chi connectivity index (χ4v) is 7.29. The number of ether oxygens (including phenoxy) is 3. The molecule has 0 aliphatic carbocycles. The van der Waals surface area contributed by atoms with Gasteiger partial charge in [0.15, 0.2) is 0 Å². The van der Waals surface area contributed by atoms with Crippen molar-refractivity contribution in [2.24, 2.45) is 5.92 Å². The maximum Gasteiger partial charge on any atom is 0.345 e. The average Bonchev–Trinajstić information content (AvgIpc) is 3.72. The van der Waals surface area contributed by atoms with Crippen molar-refractivity contribution >= 4 is 52.1 Å². The maximum absolute atomic E-state index is 13.8. The number of aryl methyl sites for hydroxylation is 1. The van der Waals surface area contributed by atoms with E-state index in [2.05, 4.69) is 27.3 Å². The molecule has 1 fully saturated rings. The maximum atomic E-state index is 13.8. The lowest BCUT2D eigenvalue weighted by molar-refractivity contribution is -0.140. The lowest BCUT2D eigenvalue weighted by Gasteiger charge is -2.23. The summed E-state index contributed by atoms with van der Waals surface area (Å²) in [5, 5.41) is 4.25. The van der Waals surface area contributed by atoms with Gasteiger partial charge in [0, 0.05) is 34.7 Å². The number of H-pyrrole nitrogens is 1. The number of fused-ring (bicyclic) bond motifs is 1. The Morgan fingerprint density at radius 3 is 2.55 bits per heavy atom. The predicted octanol–water partition coefficient (Wildman–Crippen LogP) is 7.16. The Hall–Kier alpha value is -3.99. The summed E-state index contributed by atoms with van der Waals surface area (Å²) < 4.78 is 16.8. The van der Waals surface area contributed by atoms with Gasteiger partial charge in [0.05, 0.1) is 31.0 Å². The van der Waals surface area contributed by atoms with E-state index in [0.29, 0.717) is 36.1 Å². The standard InChI is InChI=1S/C38H44ClN3O6S/c1-25(23-49-24-34(43)40-16-7-19-47-31-9-6-8-27(20-31)22-42-17-4-5-18-42)35(38(45)48-37(44)28-10-12-29(39)13-11-28)36-26(2)41-33-15-14-30(46-3)21-32(33)36/h6,8-15,20-21,25,35,41H,4-5,7,16-19,22-24H2,1-3H3,(H,40,43). The predicted molar refractivity (Wildman–Crippen MR) is 195 cm³/mol. The molecule has 1 aromatic heterocycles. The van der Waals surface area contributed by atoms with Crippen molar-refractivity contribution in [3.8, 4) is 11.5 Å². The molecule has 2 heterocycles. The van der Waals surface area contributed by atoms with Gasteiger partial charge in [-0.2, -0.15) is 11.8 Å². The summed E-state index contributed by atoms with van der Waals surface area (Å²) in [6, 6.07) is 20.0. The summed E-state index contributed by atoms with van der Waals surface area (Å²) in [4.78, 5) is 45.2. The molecule has 4 aromatic rings. The number of aromatic nitrogens is 1. The van der Waals surface area contributed by atoms with Gasteiger partial charge in [-0.25, -0.2) is 4.79 Å². The molecule has 9 nitrogen and oxygen atoms in total. The summed E-state index contributed by atoms with van der Waals surface area (Å²) in [6.07, 6.45) is 3.22. The molecule has 49 heavy (non-hydrogen) atoms. The average molecular weight is 706 g/mol. The fraction of sp³-hybridized carbons (Fsp3) is 0.395. The first-order valence-electron chi connectivity index (χ1n) is 16.7. The van der Waals surface area contributed by atoms with E-state index in [1.54, 1.807) is 19.2 Å². The number of halogens is 1. The lowest BCUT2D eigenvalue weighted by atomic mass is 9.86. The Balaban J connectivity index is 1.14. The van der Waals surface area contributed by atoms with E-state index in [1.165, 1.54) is 42.3 Å². The smallest absolute Gasteiger partial charge is 0.345 e. The molecule has 0 radical (unpaired) electrons. The van der Waals surface area contributed by atoms with Gasteiger partial charge < -0.3 is 24.5 Å². The van der Waals surface area contributed by atoms with E-state index in [-0.39, 0.29) is 23.1 Å². The van der Waals surface area contributed by atoms with Crippen molar-refractivity contribution in [3.05, 3.63) is 94.1 Å². The van der Waals surface area contributed by atoms with E-state index in [0.717, 1.165) is 47.5 Å². The van der Waals surface area contributed by atoms with Crippen LogP contribution in [0, 0.1) is 12.8 Å². The minimum Gasteiger partial charge on any atom is -0.497 e. The number of benzene rings is 3. The van der Waals surface area contributed by atoms with Gasteiger partial charge in [0.2, 0.25) is 5.91 Å². The number of methoxy groups -OCH3 is 1. The van der Waals surface area contributed by atoms with Crippen molar-refractivity contribution < 1.29 is 28.6 Å². The van der Waals surface area contributed by atoms with E-state index in [9.17, 15) is 14.4 Å². The van der Waals surface area contributed by atoms with Crippen molar-refractivity contribution in [1.82, 2.24) is 15.2 Å². The van der Waals surface area contributed by atoms with Crippen LogP contribution in [0.25, 0.3) is 10.9 Å². The number of rotatable bonds is 16. The van der Waals surface area contributed by atoms with Crippen LogP contribution in [0.15, 0.2) is 66.7 Å². The molecule has 260 valence electrons. The Morgan fingerprint density at radius 1 is 1.02 bits per heavy atom. The van der Waals surface area contributed by atoms with Crippen molar-refractivity contribution in [2.45, 2.75) is 45.6 Å². The summed E-state index contributed by atoms with van der Waals surface area (Å²) in [6.45, 7) is 8.08. The van der Waals surface area contributed by atoms with Crippen LogP contribution in [-0.2, 0) is 20.9 Å². The van der Waals surface area contributed by atoms with Crippen molar-refractivity contribution in [2.75, 3.05) is 44.9 Å². The van der Waals surface area contributed by atoms with Crippen LogP contribution in [0.5, 0.6) is 11.5 Å². The second kappa shape index (κ2) is 17.6. The Labute approximate surface area is 297 Å². The molecule has 3 aromatic carbocycles. The minimum atomic E-state index is -0.779. The first kappa shape index (κ1) is 36.3. The molecular formula is C38H44ClN3O6S. The van der Waals surface area contributed by atoms with Gasteiger partial charge in [-0.15, -0.1) is 0 Å². The van der Waals surface area contributed by atoms with Crippen LogP contribution >= 0.6 is 23.4 Å². The monoisotopic (exact) mass is 705 g/mol. The second-order valence-corrected chi connectivity index (χ2v) is 13.9.